The fourth-order valence-electron chi connectivity index (χ4n) is 2.04. The highest BCUT2D eigenvalue weighted by molar-refractivity contribution is 5.10. The molecule has 12 heavy (non-hydrogen) atoms. The summed E-state index contributed by atoms with van der Waals surface area (Å²) >= 11 is 0. The fourth-order valence-corrected chi connectivity index (χ4v) is 2.04. The van der Waals surface area contributed by atoms with Crippen LogP contribution in [0.5, 0.6) is 0 Å². The molecule has 66 valence electrons. The van der Waals surface area contributed by atoms with E-state index >= 15 is 0 Å². The van der Waals surface area contributed by atoms with Gasteiger partial charge in [-0.1, -0.05) is 6.92 Å². The Kier molecular flexibility index (Phi) is 2.17. The third-order valence-electron chi connectivity index (χ3n) is 2.70. The second-order valence-electron chi connectivity index (χ2n) is 3.38. The molecule has 2 rings (SSSR count). The molecule has 2 unspecified atom stereocenters. The lowest BCUT2D eigenvalue weighted by Gasteiger charge is -2.14. The highest BCUT2D eigenvalue weighted by Gasteiger charge is 2.28. The first-order valence-corrected chi connectivity index (χ1v) is 4.68. The van der Waals surface area contributed by atoms with Crippen LogP contribution in [0, 0.1) is 0 Å². The molecule has 0 spiro atoms. The van der Waals surface area contributed by atoms with Gasteiger partial charge in [-0.25, -0.2) is 0 Å². The maximum Gasteiger partial charge on any atom is 0.108 e. The Morgan fingerprint density at radius 1 is 1.67 bits per heavy atom. The lowest BCUT2D eigenvalue weighted by atomic mass is 9.96. The molecular weight excluding hydrogens is 150 g/mol. The number of hydrogen-bond acceptors (Lipinski definition) is 2. The van der Waals surface area contributed by atoms with E-state index in [1.165, 1.54) is 12.8 Å². The van der Waals surface area contributed by atoms with Crippen molar-refractivity contribution in [2.75, 3.05) is 6.54 Å². The van der Waals surface area contributed by atoms with Gasteiger partial charge in [-0.05, 0) is 31.5 Å². The summed E-state index contributed by atoms with van der Waals surface area (Å²) in [6, 6.07) is 4.68. The third kappa shape index (κ3) is 1.27. The molecule has 1 saturated heterocycles. The minimum atomic E-state index is 0.602. The van der Waals surface area contributed by atoms with Crippen molar-refractivity contribution in [3.63, 3.8) is 0 Å². The minimum absolute atomic E-state index is 0.602. The second-order valence-corrected chi connectivity index (χ2v) is 3.38. The molecule has 1 aliphatic heterocycles. The van der Waals surface area contributed by atoms with E-state index in [1.54, 1.807) is 6.26 Å². The maximum absolute atomic E-state index is 5.41. The third-order valence-corrected chi connectivity index (χ3v) is 2.70. The topological polar surface area (TPSA) is 25.2 Å². The Morgan fingerprint density at radius 3 is 3.25 bits per heavy atom. The van der Waals surface area contributed by atoms with Crippen molar-refractivity contribution in [2.45, 2.75) is 31.7 Å². The zero-order valence-electron chi connectivity index (χ0n) is 7.42. The van der Waals surface area contributed by atoms with Crippen LogP contribution in [0.2, 0.25) is 0 Å². The van der Waals surface area contributed by atoms with Crippen LogP contribution in [-0.4, -0.2) is 12.6 Å². The molecule has 1 aliphatic rings. The smallest absolute Gasteiger partial charge is 0.108 e. The fraction of sp³-hybridized carbons (Fsp3) is 0.600. The van der Waals surface area contributed by atoms with Crippen LogP contribution in [0.3, 0.4) is 0 Å². The predicted octanol–water partition coefficient (Wildman–Crippen LogP) is 2.14. The molecule has 0 radical (unpaired) electrons. The van der Waals surface area contributed by atoms with E-state index in [4.69, 9.17) is 4.42 Å². The number of furan rings is 1. The predicted molar refractivity (Wildman–Crippen MR) is 48.1 cm³/mol. The summed E-state index contributed by atoms with van der Waals surface area (Å²) < 4.78 is 5.41. The van der Waals surface area contributed by atoms with E-state index in [1.807, 2.05) is 6.07 Å². The first-order chi connectivity index (χ1) is 5.92. The quantitative estimate of drug-likeness (QED) is 0.726. The molecule has 2 heterocycles. The van der Waals surface area contributed by atoms with E-state index in [0.29, 0.717) is 12.0 Å². The van der Waals surface area contributed by atoms with Crippen molar-refractivity contribution < 1.29 is 4.42 Å². The Balaban J connectivity index is 2.13. The molecule has 0 aromatic carbocycles. The molecule has 1 aromatic heterocycles. The highest BCUT2D eigenvalue weighted by atomic mass is 16.3. The van der Waals surface area contributed by atoms with Gasteiger partial charge in [0.15, 0.2) is 0 Å². The summed E-state index contributed by atoms with van der Waals surface area (Å²) in [5.74, 6) is 1.75. The molecule has 1 N–H and O–H groups in total. The molecule has 2 heteroatoms. The van der Waals surface area contributed by atoms with Gasteiger partial charge in [0.05, 0.1) is 6.26 Å². The molecule has 2 nitrogen and oxygen atoms in total. The van der Waals surface area contributed by atoms with Crippen LogP contribution in [-0.2, 0) is 0 Å². The molecule has 0 aliphatic carbocycles. The molecule has 2 atom stereocenters. The van der Waals surface area contributed by atoms with Crippen molar-refractivity contribution in [3.8, 4) is 0 Å². The van der Waals surface area contributed by atoms with E-state index in [0.717, 1.165) is 12.3 Å². The van der Waals surface area contributed by atoms with Crippen LogP contribution in [0.4, 0.5) is 0 Å². The number of nitrogens with one attached hydrogen (secondary N) is 1. The van der Waals surface area contributed by atoms with Gasteiger partial charge in [0.25, 0.3) is 0 Å². The van der Waals surface area contributed by atoms with Gasteiger partial charge in [0.1, 0.15) is 5.76 Å². The van der Waals surface area contributed by atoms with E-state index in [2.05, 4.69) is 18.3 Å². The summed E-state index contributed by atoms with van der Waals surface area (Å²) in [5, 5.41) is 3.48. The van der Waals surface area contributed by atoms with Crippen molar-refractivity contribution in [2.24, 2.45) is 0 Å². The summed E-state index contributed by atoms with van der Waals surface area (Å²) in [6.07, 6.45) is 4.16. The van der Waals surface area contributed by atoms with E-state index in [-0.39, 0.29) is 0 Å². The van der Waals surface area contributed by atoms with Crippen molar-refractivity contribution in [3.05, 3.63) is 24.2 Å². The normalized spacial score (nSPS) is 29.4. The average Bonchev–Trinajstić information content (AvgIpc) is 2.74. The highest BCUT2D eigenvalue weighted by Crippen LogP contribution is 2.29. The van der Waals surface area contributed by atoms with Gasteiger partial charge >= 0.3 is 0 Å². The second kappa shape index (κ2) is 3.31. The summed E-state index contributed by atoms with van der Waals surface area (Å²) in [5.41, 5.74) is 0. The van der Waals surface area contributed by atoms with Gasteiger partial charge in [-0.2, -0.15) is 0 Å². The first kappa shape index (κ1) is 7.87. The molecule has 1 aromatic rings. The summed E-state index contributed by atoms with van der Waals surface area (Å²) in [7, 11) is 0. The van der Waals surface area contributed by atoms with Crippen LogP contribution < -0.4 is 5.32 Å². The summed E-state index contributed by atoms with van der Waals surface area (Å²) in [4.78, 5) is 0. The molecule has 0 bridgehead atoms. The first-order valence-electron chi connectivity index (χ1n) is 4.68. The van der Waals surface area contributed by atoms with Crippen molar-refractivity contribution >= 4 is 0 Å². The van der Waals surface area contributed by atoms with Gasteiger partial charge < -0.3 is 9.73 Å². The average molecular weight is 165 g/mol. The molecule has 0 saturated carbocycles. The van der Waals surface area contributed by atoms with Crippen LogP contribution in [0.1, 0.15) is 31.4 Å². The molecule has 1 fully saturated rings. The summed E-state index contributed by atoms with van der Waals surface area (Å²) in [6.45, 7) is 3.35. The number of hydrogen-bond donors (Lipinski definition) is 1. The standard InChI is InChI=1S/C10H15NO/c1-2-9-8(5-6-11-9)10-4-3-7-12-10/h3-4,7-9,11H,2,5-6H2,1H3. The Bertz CT molecular complexity index is 230. The lowest BCUT2D eigenvalue weighted by molar-refractivity contribution is 0.424. The zero-order valence-corrected chi connectivity index (χ0v) is 7.42. The van der Waals surface area contributed by atoms with Gasteiger partial charge in [-0.3, -0.25) is 0 Å². The van der Waals surface area contributed by atoms with Crippen LogP contribution in [0.25, 0.3) is 0 Å². The molecular formula is C10H15NO. The SMILES string of the molecule is CCC1NCCC1c1ccco1. The maximum atomic E-state index is 5.41. The Labute approximate surface area is 73.0 Å². The lowest BCUT2D eigenvalue weighted by Crippen LogP contribution is -2.24. The van der Waals surface area contributed by atoms with Gasteiger partial charge in [0.2, 0.25) is 0 Å². The zero-order chi connectivity index (χ0) is 8.39. The van der Waals surface area contributed by atoms with Crippen LogP contribution >= 0.6 is 0 Å². The molecule has 0 amide bonds. The Morgan fingerprint density at radius 2 is 2.58 bits per heavy atom. The van der Waals surface area contributed by atoms with Gasteiger partial charge in [0, 0.05) is 12.0 Å². The van der Waals surface area contributed by atoms with Crippen molar-refractivity contribution in [1.29, 1.82) is 0 Å². The van der Waals surface area contributed by atoms with Crippen molar-refractivity contribution in [1.82, 2.24) is 5.32 Å². The van der Waals surface area contributed by atoms with Gasteiger partial charge in [-0.15, -0.1) is 0 Å². The largest absolute Gasteiger partial charge is 0.469 e. The Hall–Kier alpha value is -0.760. The number of rotatable bonds is 2. The minimum Gasteiger partial charge on any atom is -0.469 e. The monoisotopic (exact) mass is 165 g/mol. The van der Waals surface area contributed by atoms with Crippen LogP contribution in [0.15, 0.2) is 22.8 Å². The van der Waals surface area contributed by atoms with E-state index in [9.17, 15) is 0 Å². The van der Waals surface area contributed by atoms with E-state index < -0.39 is 0 Å².